The Balaban J connectivity index is 2.20. The Morgan fingerprint density at radius 2 is 1.85 bits per heavy atom. The maximum atomic E-state index is 12.1. The minimum atomic E-state index is -0.610. The highest BCUT2D eigenvalue weighted by atomic mass is 19.2. The van der Waals surface area contributed by atoms with Crippen molar-refractivity contribution in [2.75, 3.05) is 0 Å². The summed E-state index contributed by atoms with van der Waals surface area (Å²) >= 11 is 0. The van der Waals surface area contributed by atoms with Crippen LogP contribution >= 0.6 is 0 Å². The Hall–Kier alpha value is -2.16. The zero-order valence-corrected chi connectivity index (χ0v) is 11.7. The molecule has 0 aliphatic rings. The van der Waals surface area contributed by atoms with Gasteiger partial charge in [0.05, 0.1) is 6.42 Å². The summed E-state index contributed by atoms with van der Waals surface area (Å²) in [7, 11) is 0. The van der Waals surface area contributed by atoms with Crippen molar-refractivity contribution >= 4 is 5.91 Å². The van der Waals surface area contributed by atoms with Gasteiger partial charge in [-0.3, -0.25) is 4.79 Å². The molecule has 2 rings (SSSR count). The van der Waals surface area contributed by atoms with Crippen LogP contribution in [0.5, 0.6) is 0 Å². The number of hydrogen-bond donors (Lipinski definition) is 1. The molecule has 0 aliphatic heterocycles. The second-order valence-corrected chi connectivity index (χ2v) is 5.12. The number of aryl methyl sites for hydroxylation is 2. The Kier molecular flexibility index (Phi) is 4.51. The van der Waals surface area contributed by atoms with Crippen LogP contribution in [-0.2, 0) is 17.6 Å². The van der Waals surface area contributed by atoms with E-state index in [1.165, 1.54) is 16.7 Å². The van der Waals surface area contributed by atoms with E-state index in [9.17, 15) is 9.28 Å². The lowest BCUT2D eigenvalue weighted by Crippen LogP contribution is -2.16. The maximum absolute atomic E-state index is 12.1. The molecule has 0 spiro atoms. The Labute approximate surface area is 118 Å². The van der Waals surface area contributed by atoms with E-state index in [1.807, 2.05) is 25.1 Å². The molecule has 0 aromatic heterocycles. The molecule has 0 saturated carbocycles. The first-order valence-electron chi connectivity index (χ1n) is 6.62. The first kappa shape index (κ1) is 14.3. The van der Waals surface area contributed by atoms with Gasteiger partial charge in [-0.05, 0) is 42.5 Å². The molecule has 0 unspecified atom stereocenters. The van der Waals surface area contributed by atoms with Crippen molar-refractivity contribution in [3.63, 3.8) is 0 Å². The summed E-state index contributed by atoms with van der Waals surface area (Å²) in [4.78, 5) is 11.2. The molecule has 2 aromatic carbocycles. The number of hydrogen-bond acceptors (Lipinski definition) is 1. The summed E-state index contributed by atoms with van der Waals surface area (Å²) in [6.45, 7) is 3.99. The Morgan fingerprint density at radius 3 is 2.55 bits per heavy atom. The lowest BCUT2D eigenvalue weighted by Gasteiger charge is -2.08. The molecule has 0 heterocycles. The van der Waals surface area contributed by atoms with Gasteiger partial charge in [0, 0.05) is 0 Å². The van der Waals surface area contributed by atoms with E-state index < -0.39 is 5.91 Å². The second kappa shape index (κ2) is 6.33. The fourth-order valence-corrected chi connectivity index (χ4v) is 2.29. The SMILES string of the molecule is Cc1cccc(Cc2ccc(C)c(CC(=O)NF)c2)c1. The van der Waals surface area contributed by atoms with Crippen LogP contribution < -0.4 is 5.54 Å². The fraction of sp³-hybridized carbons (Fsp3) is 0.235. The van der Waals surface area contributed by atoms with Gasteiger partial charge in [-0.1, -0.05) is 48.0 Å². The summed E-state index contributed by atoms with van der Waals surface area (Å²) in [5, 5.41) is 0. The van der Waals surface area contributed by atoms with Crippen molar-refractivity contribution in [1.82, 2.24) is 5.54 Å². The van der Waals surface area contributed by atoms with Crippen molar-refractivity contribution < 1.29 is 9.28 Å². The standard InChI is InChI=1S/C17H18FNO/c1-12-4-3-5-14(8-12)9-15-7-6-13(2)16(10-15)11-17(20)19-18/h3-8,10H,9,11H2,1-2H3,(H,19,20). The molecule has 0 radical (unpaired) electrons. The molecule has 1 amide bonds. The average Bonchev–Trinajstić information content (AvgIpc) is 2.42. The van der Waals surface area contributed by atoms with Crippen LogP contribution in [0.4, 0.5) is 4.48 Å². The van der Waals surface area contributed by atoms with Gasteiger partial charge in [-0.25, -0.2) is 0 Å². The molecule has 0 saturated heterocycles. The largest absolute Gasteiger partial charge is 0.272 e. The van der Waals surface area contributed by atoms with E-state index in [2.05, 4.69) is 31.2 Å². The highest BCUT2D eigenvalue weighted by Crippen LogP contribution is 2.16. The van der Waals surface area contributed by atoms with Crippen LogP contribution in [0.15, 0.2) is 42.5 Å². The summed E-state index contributed by atoms with van der Waals surface area (Å²) < 4.78 is 12.1. The van der Waals surface area contributed by atoms with Crippen LogP contribution in [0.1, 0.15) is 27.8 Å². The number of nitrogens with one attached hydrogen (secondary N) is 1. The monoisotopic (exact) mass is 271 g/mol. The predicted molar refractivity (Wildman–Crippen MR) is 78.1 cm³/mol. The zero-order valence-electron chi connectivity index (χ0n) is 11.7. The van der Waals surface area contributed by atoms with Crippen molar-refractivity contribution in [2.24, 2.45) is 0 Å². The maximum Gasteiger partial charge on any atom is 0.252 e. The Bertz CT molecular complexity index is 622. The highest BCUT2D eigenvalue weighted by molar-refractivity contribution is 5.77. The molecule has 0 atom stereocenters. The van der Waals surface area contributed by atoms with E-state index in [0.717, 1.165) is 23.1 Å². The van der Waals surface area contributed by atoms with Crippen molar-refractivity contribution in [1.29, 1.82) is 0 Å². The third-order valence-corrected chi connectivity index (χ3v) is 3.36. The minimum Gasteiger partial charge on any atom is -0.272 e. The molecule has 2 nitrogen and oxygen atoms in total. The van der Waals surface area contributed by atoms with Crippen LogP contribution in [0.3, 0.4) is 0 Å². The van der Waals surface area contributed by atoms with Gasteiger partial charge in [0.15, 0.2) is 0 Å². The summed E-state index contributed by atoms with van der Waals surface area (Å²) in [5.74, 6) is -0.610. The molecule has 0 fully saturated rings. The van der Waals surface area contributed by atoms with E-state index in [-0.39, 0.29) is 6.42 Å². The molecule has 104 valence electrons. The predicted octanol–water partition coefficient (Wildman–Crippen LogP) is 3.44. The van der Waals surface area contributed by atoms with Gasteiger partial charge in [-0.15, -0.1) is 4.48 Å². The molecular formula is C17H18FNO. The van der Waals surface area contributed by atoms with Gasteiger partial charge >= 0.3 is 0 Å². The first-order chi connectivity index (χ1) is 9.58. The highest BCUT2D eigenvalue weighted by Gasteiger charge is 2.07. The van der Waals surface area contributed by atoms with E-state index in [4.69, 9.17) is 0 Å². The van der Waals surface area contributed by atoms with Crippen molar-refractivity contribution in [3.8, 4) is 0 Å². The smallest absolute Gasteiger partial charge is 0.252 e. The molecule has 3 heteroatoms. The average molecular weight is 271 g/mol. The minimum absolute atomic E-state index is 0.0734. The number of carbonyl (C=O) groups excluding carboxylic acids is 1. The van der Waals surface area contributed by atoms with Crippen LogP contribution in [0.2, 0.25) is 0 Å². The Morgan fingerprint density at radius 1 is 1.10 bits per heavy atom. The summed E-state index contributed by atoms with van der Waals surface area (Å²) in [6, 6.07) is 14.3. The molecule has 0 aliphatic carbocycles. The summed E-state index contributed by atoms with van der Waals surface area (Å²) in [6.07, 6.45) is 0.885. The molecule has 0 bridgehead atoms. The van der Waals surface area contributed by atoms with Crippen molar-refractivity contribution in [2.45, 2.75) is 26.7 Å². The van der Waals surface area contributed by atoms with Gasteiger partial charge in [-0.2, -0.15) is 5.54 Å². The van der Waals surface area contributed by atoms with Crippen LogP contribution in [-0.4, -0.2) is 5.91 Å². The van der Waals surface area contributed by atoms with Gasteiger partial charge in [0.2, 0.25) is 0 Å². The lowest BCUT2D eigenvalue weighted by atomic mass is 9.97. The van der Waals surface area contributed by atoms with Gasteiger partial charge in [0.25, 0.3) is 5.91 Å². The third-order valence-electron chi connectivity index (χ3n) is 3.36. The van der Waals surface area contributed by atoms with E-state index >= 15 is 0 Å². The first-order valence-corrected chi connectivity index (χ1v) is 6.62. The van der Waals surface area contributed by atoms with Crippen molar-refractivity contribution in [3.05, 3.63) is 70.3 Å². The van der Waals surface area contributed by atoms with E-state index in [1.54, 1.807) is 0 Å². The molecular weight excluding hydrogens is 253 g/mol. The quantitative estimate of drug-likeness (QED) is 0.848. The van der Waals surface area contributed by atoms with Gasteiger partial charge < -0.3 is 0 Å². The van der Waals surface area contributed by atoms with Gasteiger partial charge in [0.1, 0.15) is 0 Å². The van der Waals surface area contributed by atoms with Crippen LogP contribution in [0, 0.1) is 13.8 Å². The number of amides is 1. The zero-order chi connectivity index (χ0) is 14.5. The lowest BCUT2D eigenvalue weighted by molar-refractivity contribution is -0.124. The second-order valence-electron chi connectivity index (χ2n) is 5.12. The van der Waals surface area contributed by atoms with E-state index in [0.29, 0.717) is 0 Å². The number of halogens is 1. The summed E-state index contributed by atoms with van der Waals surface area (Å²) in [5.41, 5.74) is 6.63. The molecule has 2 aromatic rings. The fourth-order valence-electron chi connectivity index (χ4n) is 2.29. The third kappa shape index (κ3) is 3.67. The topological polar surface area (TPSA) is 29.1 Å². The normalized spacial score (nSPS) is 10.3. The van der Waals surface area contributed by atoms with Crippen LogP contribution in [0.25, 0.3) is 0 Å². The number of rotatable bonds is 4. The molecule has 20 heavy (non-hydrogen) atoms. The number of benzene rings is 2. The number of carbonyl (C=O) groups is 1. The molecule has 1 N–H and O–H groups in total.